The van der Waals surface area contributed by atoms with Crippen molar-refractivity contribution in [1.29, 1.82) is 0 Å². The van der Waals surface area contributed by atoms with Crippen LogP contribution in [0, 0.1) is 0 Å². The molecule has 0 saturated carbocycles. The van der Waals surface area contributed by atoms with Gasteiger partial charge in [-0.3, -0.25) is 14.4 Å². The number of carbonyl (C=O) groups excluding carboxylic acids is 3. The monoisotopic (exact) mass is 514 g/mol. The number of imide groups is 1. The Hall–Kier alpha value is -4.19. The highest BCUT2D eigenvalue weighted by atomic mass is 19.4. The van der Waals surface area contributed by atoms with E-state index in [0.29, 0.717) is 48.7 Å². The number of aromatic nitrogens is 1. The van der Waals surface area contributed by atoms with Crippen molar-refractivity contribution < 1.29 is 36.7 Å². The summed E-state index contributed by atoms with van der Waals surface area (Å²) in [5, 5.41) is 0.957. The summed E-state index contributed by atoms with van der Waals surface area (Å²) in [6.45, 7) is 0.939. The molecule has 3 amide bonds. The predicted octanol–water partition coefficient (Wildman–Crippen LogP) is 3.89. The fourth-order valence-corrected chi connectivity index (χ4v) is 4.39. The second kappa shape index (κ2) is 9.69. The highest BCUT2D eigenvalue weighted by Gasteiger charge is 2.35. The number of nitrogens with zero attached hydrogens (tertiary/aromatic N) is 3. The molecule has 37 heavy (non-hydrogen) atoms. The molecule has 2 aromatic carbocycles. The first kappa shape index (κ1) is 24.5. The van der Waals surface area contributed by atoms with E-state index in [-0.39, 0.29) is 29.7 Å². The van der Waals surface area contributed by atoms with Crippen molar-refractivity contribution in [2.75, 3.05) is 13.1 Å². The number of halogens is 3. The summed E-state index contributed by atoms with van der Waals surface area (Å²) in [6, 6.07) is 11.4. The lowest BCUT2D eigenvalue weighted by Gasteiger charge is -2.30. The van der Waals surface area contributed by atoms with Crippen LogP contribution in [-0.4, -0.2) is 52.1 Å². The molecule has 0 spiro atoms. The minimum atomic E-state index is -4.79. The van der Waals surface area contributed by atoms with Crippen LogP contribution >= 0.6 is 0 Å². The number of carbonyl (C=O) groups is 3. The van der Waals surface area contributed by atoms with Gasteiger partial charge >= 0.3 is 6.36 Å². The van der Waals surface area contributed by atoms with Gasteiger partial charge in [0.1, 0.15) is 11.5 Å². The van der Waals surface area contributed by atoms with Crippen LogP contribution < -0.4 is 10.2 Å². The second-order valence-electron chi connectivity index (χ2n) is 8.63. The summed E-state index contributed by atoms with van der Waals surface area (Å²) in [7, 11) is 0. The number of fused-ring (bicyclic) bond motifs is 1. The Bertz CT molecular complexity index is 1300. The molecule has 3 aromatic rings. The van der Waals surface area contributed by atoms with Crippen LogP contribution in [0.4, 0.5) is 13.2 Å². The van der Waals surface area contributed by atoms with Crippen molar-refractivity contribution in [3.63, 3.8) is 0 Å². The molecule has 2 aliphatic rings. The minimum absolute atomic E-state index is 0.0281. The van der Waals surface area contributed by atoms with Crippen LogP contribution in [0.5, 0.6) is 5.75 Å². The lowest BCUT2D eigenvalue weighted by Crippen LogP contribution is -2.41. The van der Waals surface area contributed by atoms with Crippen LogP contribution in [0.3, 0.4) is 0 Å². The van der Waals surface area contributed by atoms with E-state index < -0.39 is 18.2 Å². The summed E-state index contributed by atoms with van der Waals surface area (Å²) < 4.78 is 46.6. The maximum absolute atomic E-state index is 12.7. The van der Waals surface area contributed by atoms with Crippen molar-refractivity contribution >= 4 is 17.7 Å². The maximum atomic E-state index is 12.7. The van der Waals surface area contributed by atoms with E-state index in [9.17, 15) is 27.6 Å². The topological polar surface area (TPSA) is 105 Å². The van der Waals surface area contributed by atoms with E-state index in [1.807, 2.05) is 0 Å². The number of piperidine rings is 1. The third kappa shape index (κ3) is 5.19. The molecule has 0 atom stereocenters. The number of hydrogen-bond acceptors (Lipinski definition) is 7. The zero-order valence-electron chi connectivity index (χ0n) is 19.3. The molecule has 192 valence electrons. The molecular weight excluding hydrogens is 493 g/mol. The van der Waals surface area contributed by atoms with Gasteiger partial charge in [-0.05, 0) is 49.2 Å². The van der Waals surface area contributed by atoms with Crippen molar-refractivity contribution in [1.82, 2.24) is 20.3 Å². The largest absolute Gasteiger partial charge is 0.573 e. The zero-order valence-corrected chi connectivity index (χ0v) is 19.3. The van der Waals surface area contributed by atoms with Crippen molar-refractivity contribution in [3.05, 3.63) is 83.1 Å². The molecule has 0 bridgehead atoms. The summed E-state index contributed by atoms with van der Waals surface area (Å²) in [4.78, 5) is 43.6. The van der Waals surface area contributed by atoms with Gasteiger partial charge in [-0.2, -0.15) is 0 Å². The minimum Gasteiger partial charge on any atom is -0.444 e. The van der Waals surface area contributed by atoms with Crippen LogP contribution in [0.1, 0.15) is 61.5 Å². The van der Waals surface area contributed by atoms with Crippen molar-refractivity contribution in [2.24, 2.45) is 0 Å². The molecule has 5 rings (SSSR count). The fraction of sp³-hybridized carbons (Fsp3) is 0.280. The van der Waals surface area contributed by atoms with E-state index in [4.69, 9.17) is 4.42 Å². The number of oxazole rings is 1. The number of ether oxygens (including phenoxy) is 1. The first-order valence-corrected chi connectivity index (χ1v) is 11.5. The molecule has 1 saturated heterocycles. The van der Waals surface area contributed by atoms with E-state index in [0.717, 1.165) is 17.1 Å². The SMILES string of the molecule is O=C(c1ccc(OC(F)(F)F)cc1)N1CCC(c2ncc(CNN3C(=O)c4ccccc4C3=O)o2)CC1. The van der Waals surface area contributed by atoms with E-state index in [2.05, 4.69) is 15.1 Å². The second-order valence-corrected chi connectivity index (χ2v) is 8.63. The Labute approximate surface area is 208 Å². The molecule has 1 fully saturated rings. The third-order valence-electron chi connectivity index (χ3n) is 6.24. The average Bonchev–Trinajstić information content (AvgIpc) is 3.45. The van der Waals surface area contributed by atoms with Crippen LogP contribution in [0.15, 0.2) is 59.1 Å². The molecule has 1 N–H and O–H groups in total. The van der Waals surface area contributed by atoms with Gasteiger partial charge in [0.05, 0.1) is 23.9 Å². The normalized spacial score (nSPS) is 16.3. The highest BCUT2D eigenvalue weighted by Crippen LogP contribution is 2.29. The first-order valence-electron chi connectivity index (χ1n) is 11.5. The molecule has 3 heterocycles. The highest BCUT2D eigenvalue weighted by molar-refractivity contribution is 6.20. The quantitative estimate of drug-likeness (QED) is 0.498. The van der Waals surface area contributed by atoms with Gasteiger partial charge in [0.2, 0.25) is 0 Å². The molecule has 0 aliphatic carbocycles. The summed E-state index contributed by atoms with van der Waals surface area (Å²) in [5.41, 5.74) is 3.74. The molecule has 0 unspecified atom stereocenters. The smallest absolute Gasteiger partial charge is 0.444 e. The zero-order chi connectivity index (χ0) is 26.2. The number of hydrazine groups is 1. The Kier molecular flexibility index (Phi) is 6.42. The van der Waals surface area contributed by atoms with E-state index in [1.54, 1.807) is 29.2 Å². The van der Waals surface area contributed by atoms with Gasteiger partial charge < -0.3 is 14.1 Å². The van der Waals surface area contributed by atoms with Crippen LogP contribution in [0.25, 0.3) is 0 Å². The van der Waals surface area contributed by atoms with E-state index in [1.165, 1.54) is 18.3 Å². The van der Waals surface area contributed by atoms with Crippen LogP contribution in [-0.2, 0) is 6.54 Å². The Balaban J connectivity index is 1.13. The van der Waals surface area contributed by atoms with Gasteiger partial charge in [-0.1, -0.05) is 12.1 Å². The van der Waals surface area contributed by atoms with Gasteiger partial charge in [0.15, 0.2) is 5.89 Å². The number of rotatable bonds is 6. The summed E-state index contributed by atoms with van der Waals surface area (Å²) in [5.74, 6) is -0.610. The number of nitrogens with one attached hydrogen (secondary N) is 1. The molecule has 1 aromatic heterocycles. The average molecular weight is 514 g/mol. The Morgan fingerprint density at radius 3 is 2.24 bits per heavy atom. The maximum Gasteiger partial charge on any atom is 0.573 e. The lowest BCUT2D eigenvalue weighted by atomic mass is 9.96. The van der Waals surface area contributed by atoms with Gasteiger partial charge in [0, 0.05) is 24.6 Å². The first-order chi connectivity index (χ1) is 17.7. The van der Waals surface area contributed by atoms with E-state index >= 15 is 0 Å². The van der Waals surface area contributed by atoms with Crippen molar-refractivity contribution in [3.8, 4) is 5.75 Å². The number of likely N-dealkylation sites (tertiary alicyclic amines) is 1. The fourth-order valence-electron chi connectivity index (χ4n) is 4.39. The number of alkyl halides is 3. The Morgan fingerprint density at radius 1 is 1.03 bits per heavy atom. The number of benzene rings is 2. The molecule has 0 radical (unpaired) electrons. The number of amides is 3. The van der Waals surface area contributed by atoms with Gasteiger partial charge in [-0.15, -0.1) is 13.2 Å². The standard InChI is InChI=1S/C25H21F3N4O5/c26-25(27,28)37-17-7-5-16(6-8-17)22(33)31-11-9-15(10-12-31)21-29-13-18(36-21)14-30-32-23(34)19-3-1-2-4-20(19)24(32)35/h1-8,13,15,30H,9-12,14H2. The number of hydrogen-bond donors (Lipinski definition) is 1. The Morgan fingerprint density at radius 2 is 1.65 bits per heavy atom. The van der Waals surface area contributed by atoms with Gasteiger partial charge in [0.25, 0.3) is 17.7 Å². The molecule has 12 heteroatoms. The lowest BCUT2D eigenvalue weighted by molar-refractivity contribution is -0.274. The summed E-state index contributed by atoms with van der Waals surface area (Å²) in [6.07, 6.45) is -2.08. The molecular formula is C25H21F3N4O5. The van der Waals surface area contributed by atoms with Gasteiger partial charge in [-0.25, -0.2) is 15.4 Å². The molecule has 2 aliphatic heterocycles. The summed E-state index contributed by atoms with van der Waals surface area (Å²) >= 11 is 0. The third-order valence-corrected chi connectivity index (χ3v) is 6.24. The molecule has 9 nitrogen and oxygen atoms in total. The van der Waals surface area contributed by atoms with Crippen LogP contribution in [0.2, 0.25) is 0 Å². The predicted molar refractivity (Wildman–Crippen MR) is 121 cm³/mol. The van der Waals surface area contributed by atoms with Crippen molar-refractivity contribution in [2.45, 2.75) is 31.7 Å².